The third-order valence-corrected chi connectivity index (χ3v) is 10.6. The number of unbranched alkanes of at least 4 members (excludes halogenated alkanes) is 23. The lowest BCUT2D eigenvalue weighted by Crippen LogP contribution is -2.47. The molecule has 0 rings (SSSR count). The molecule has 9 heteroatoms. The van der Waals surface area contributed by atoms with Crippen LogP contribution in [0.1, 0.15) is 219 Å². The van der Waals surface area contributed by atoms with Crippen LogP contribution in [0.15, 0.2) is 48.6 Å². The summed E-state index contributed by atoms with van der Waals surface area (Å²) in [5, 5.41) is 22.6. The number of carboxylic acids is 1. The maximum absolute atomic E-state index is 12.8. The number of aliphatic carboxylic acids is 1. The van der Waals surface area contributed by atoms with E-state index in [-0.39, 0.29) is 30.9 Å². The van der Waals surface area contributed by atoms with Crippen molar-refractivity contribution in [2.24, 2.45) is 0 Å². The first-order valence-corrected chi connectivity index (χ1v) is 24.0. The Balaban J connectivity index is 4.25. The number of hydrogen-bond acceptors (Lipinski definition) is 6. The van der Waals surface area contributed by atoms with E-state index in [1.165, 1.54) is 122 Å². The van der Waals surface area contributed by atoms with Crippen molar-refractivity contribution < 1.29 is 34.1 Å². The van der Waals surface area contributed by atoms with E-state index in [1.807, 2.05) is 12.2 Å². The molecule has 0 aliphatic heterocycles. The number of carbonyl (C=O) groups is 4. The maximum atomic E-state index is 12.8. The minimum atomic E-state index is -1.40. The second-order valence-electron chi connectivity index (χ2n) is 16.2. The molecule has 2 atom stereocenters. The van der Waals surface area contributed by atoms with Gasteiger partial charge in [0.15, 0.2) is 0 Å². The Morgan fingerprint density at radius 3 is 1.41 bits per heavy atom. The summed E-state index contributed by atoms with van der Waals surface area (Å²) in [5.41, 5.74) is 0. The van der Waals surface area contributed by atoms with Crippen LogP contribution >= 0.6 is 0 Å². The standard InChI is InChI=1S/C50H88N2O7/c1-3-5-7-9-11-13-15-16-17-18-19-20-21-22-23-24-25-27-29-31-33-38-42-49(56)59-45(39-35-32-30-28-26-14-12-10-8-6-4-2)40-36-34-37-41-47(54)51-43-48(55)52-46(44-53)50(57)58/h6,8,12,14,28,30,35,39,45-46,53H,3-5,7,9-11,13,15-27,29,31-34,36-38,40-44H2,1-2H3,(H,51,54)(H,52,55)(H,57,58)/b8-6-,14-12-,30-28-,39-35-. The van der Waals surface area contributed by atoms with Crippen LogP contribution < -0.4 is 10.6 Å². The third kappa shape index (κ3) is 41.3. The van der Waals surface area contributed by atoms with Crippen LogP contribution in [0.25, 0.3) is 0 Å². The number of allylic oxidation sites excluding steroid dienone is 7. The van der Waals surface area contributed by atoms with E-state index in [9.17, 15) is 19.2 Å². The summed E-state index contributed by atoms with van der Waals surface area (Å²) < 4.78 is 5.89. The van der Waals surface area contributed by atoms with Gasteiger partial charge in [0.05, 0.1) is 13.2 Å². The van der Waals surface area contributed by atoms with Crippen LogP contribution in [0.3, 0.4) is 0 Å². The van der Waals surface area contributed by atoms with Gasteiger partial charge in [-0.05, 0) is 57.4 Å². The number of nitrogens with one attached hydrogen (secondary N) is 2. The highest BCUT2D eigenvalue weighted by molar-refractivity contribution is 5.87. The van der Waals surface area contributed by atoms with E-state index in [0.717, 1.165) is 57.8 Å². The molecule has 0 aromatic carbocycles. The SMILES string of the molecule is CC/C=C\C/C=C\C/C=C\C/C=C\C(CCCCCC(=O)NCC(=O)NC(CO)C(=O)O)OC(=O)CCCCCCCCCCCCCCCCCCCCCCCC. The quantitative estimate of drug-likeness (QED) is 0.0272. The Hall–Kier alpha value is -3.20. The van der Waals surface area contributed by atoms with Gasteiger partial charge in [0.25, 0.3) is 0 Å². The highest BCUT2D eigenvalue weighted by Gasteiger charge is 2.19. The molecule has 0 fully saturated rings. The predicted octanol–water partition coefficient (Wildman–Crippen LogP) is 12.3. The van der Waals surface area contributed by atoms with Gasteiger partial charge >= 0.3 is 11.9 Å². The number of esters is 1. The molecule has 0 aromatic rings. The number of amides is 2. The van der Waals surface area contributed by atoms with Crippen molar-refractivity contribution in [2.75, 3.05) is 13.2 Å². The molecular formula is C50H88N2O7. The number of carboxylic acid groups (broad SMARTS) is 1. The minimum absolute atomic E-state index is 0.158. The average Bonchev–Trinajstić information content (AvgIpc) is 3.22. The monoisotopic (exact) mass is 829 g/mol. The summed E-state index contributed by atoms with van der Waals surface area (Å²) in [6, 6.07) is -1.40. The molecule has 4 N–H and O–H groups in total. The highest BCUT2D eigenvalue weighted by Crippen LogP contribution is 2.17. The van der Waals surface area contributed by atoms with Gasteiger partial charge in [-0.2, -0.15) is 0 Å². The lowest BCUT2D eigenvalue weighted by molar-refractivity contribution is -0.147. The molecule has 2 amide bonds. The molecule has 0 aromatic heterocycles. The van der Waals surface area contributed by atoms with Gasteiger partial charge in [0.2, 0.25) is 11.8 Å². The molecular weight excluding hydrogens is 741 g/mol. The summed E-state index contributed by atoms with van der Waals surface area (Å²) in [4.78, 5) is 47.8. The topological polar surface area (TPSA) is 142 Å². The fraction of sp³-hybridized carbons (Fsp3) is 0.760. The molecule has 0 aliphatic carbocycles. The number of ether oxygens (including phenoxy) is 1. The van der Waals surface area contributed by atoms with Gasteiger partial charge in [0.1, 0.15) is 12.1 Å². The largest absolute Gasteiger partial charge is 0.480 e. The van der Waals surface area contributed by atoms with E-state index in [2.05, 4.69) is 60.9 Å². The molecule has 2 unspecified atom stereocenters. The van der Waals surface area contributed by atoms with Crippen molar-refractivity contribution in [3.05, 3.63) is 48.6 Å². The molecule has 0 heterocycles. The van der Waals surface area contributed by atoms with Crippen LogP contribution in [0.4, 0.5) is 0 Å². The summed E-state index contributed by atoms with van der Waals surface area (Å²) in [6.07, 6.45) is 53.2. The van der Waals surface area contributed by atoms with Gasteiger partial charge in [0, 0.05) is 12.8 Å². The van der Waals surface area contributed by atoms with E-state index >= 15 is 0 Å². The Morgan fingerprint density at radius 2 is 0.949 bits per heavy atom. The van der Waals surface area contributed by atoms with Crippen LogP contribution in [0, 0.1) is 0 Å². The molecule has 9 nitrogen and oxygen atoms in total. The van der Waals surface area contributed by atoms with Gasteiger partial charge in [-0.1, -0.05) is 198 Å². The first kappa shape index (κ1) is 55.8. The Bertz CT molecular complexity index is 1130. The van der Waals surface area contributed by atoms with E-state index in [0.29, 0.717) is 19.3 Å². The Morgan fingerprint density at radius 1 is 0.525 bits per heavy atom. The number of aliphatic hydroxyl groups is 1. The zero-order chi connectivity index (χ0) is 43.3. The van der Waals surface area contributed by atoms with Gasteiger partial charge in [-0.25, -0.2) is 4.79 Å². The molecule has 0 bridgehead atoms. The van der Waals surface area contributed by atoms with Gasteiger partial charge in [-0.15, -0.1) is 0 Å². The Kier molecular flexibility index (Phi) is 41.9. The van der Waals surface area contributed by atoms with Crippen molar-refractivity contribution in [1.29, 1.82) is 0 Å². The average molecular weight is 829 g/mol. The van der Waals surface area contributed by atoms with Gasteiger partial charge in [-0.3, -0.25) is 14.4 Å². The van der Waals surface area contributed by atoms with E-state index < -0.39 is 24.5 Å². The summed E-state index contributed by atoms with van der Waals surface area (Å²) in [5.74, 6) is -2.49. The third-order valence-electron chi connectivity index (χ3n) is 10.6. The number of rotatable bonds is 43. The molecule has 0 saturated heterocycles. The molecule has 0 spiro atoms. The number of aliphatic hydroxyl groups excluding tert-OH is 1. The predicted molar refractivity (Wildman–Crippen MR) is 245 cm³/mol. The second kappa shape index (κ2) is 44.4. The van der Waals surface area contributed by atoms with Crippen molar-refractivity contribution in [3.8, 4) is 0 Å². The molecule has 340 valence electrons. The zero-order valence-electron chi connectivity index (χ0n) is 37.8. The highest BCUT2D eigenvalue weighted by atomic mass is 16.5. The first-order chi connectivity index (χ1) is 28.8. The van der Waals surface area contributed by atoms with Crippen LogP contribution in [0.2, 0.25) is 0 Å². The number of hydrogen-bond donors (Lipinski definition) is 4. The second-order valence-corrected chi connectivity index (χ2v) is 16.2. The number of carbonyl (C=O) groups excluding carboxylic acids is 3. The van der Waals surface area contributed by atoms with Crippen molar-refractivity contribution in [1.82, 2.24) is 10.6 Å². The van der Waals surface area contributed by atoms with Crippen LogP contribution in [-0.4, -0.2) is 59.3 Å². The maximum Gasteiger partial charge on any atom is 0.328 e. The molecule has 0 saturated carbocycles. The summed E-state index contributed by atoms with van der Waals surface area (Å²) >= 11 is 0. The van der Waals surface area contributed by atoms with Crippen molar-refractivity contribution >= 4 is 23.8 Å². The fourth-order valence-corrected chi connectivity index (χ4v) is 6.92. The first-order valence-electron chi connectivity index (χ1n) is 24.0. The van der Waals surface area contributed by atoms with Crippen LogP contribution in [-0.2, 0) is 23.9 Å². The molecule has 0 radical (unpaired) electrons. The van der Waals surface area contributed by atoms with E-state index in [4.69, 9.17) is 14.9 Å². The summed E-state index contributed by atoms with van der Waals surface area (Å²) in [7, 11) is 0. The molecule has 0 aliphatic rings. The normalized spacial score (nSPS) is 12.9. The molecule has 59 heavy (non-hydrogen) atoms. The zero-order valence-corrected chi connectivity index (χ0v) is 37.8. The van der Waals surface area contributed by atoms with Crippen LogP contribution in [0.5, 0.6) is 0 Å². The fourth-order valence-electron chi connectivity index (χ4n) is 6.92. The van der Waals surface area contributed by atoms with Crippen molar-refractivity contribution in [2.45, 2.75) is 231 Å². The summed E-state index contributed by atoms with van der Waals surface area (Å²) in [6.45, 7) is 3.33. The lowest BCUT2D eigenvalue weighted by Gasteiger charge is -2.15. The lowest BCUT2D eigenvalue weighted by atomic mass is 10.0. The Labute approximate surface area is 360 Å². The van der Waals surface area contributed by atoms with E-state index in [1.54, 1.807) is 0 Å². The smallest absolute Gasteiger partial charge is 0.328 e. The van der Waals surface area contributed by atoms with Crippen molar-refractivity contribution in [3.63, 3.8) is 0 Å². The van der Waals surface area contributed by atoms with Gasteiger partial charge < -0.3 is 25.6 Å². The minimum Gasteiger partial charge on any atom is -0.480 e.